The minimum Gasteiger partial charge on any atom is -0.456 e. The van der Waals surface area contributed by atoms with Crippen LogP contribution in [-0.4, -0.2) is 20.7 Å². The van der Waals surface area contributed by atoms with Crippen molar-refractivity contribution in [2.45, 2.75) is 0 Å². The molecule has 9 aromatic rings. The third kappa shape index (κ3) is 5.99. The Hall–Kier alpha value is -7.18. The molecule has 2 N–H and O–H groups in total. The molecular weight excluding hydrogens is 639 g/mol. The van der Waals surface area contributed by atoms with Crippen molar-refractivity contribution < 1.29 is 4.42 Å². The van der Waals surface area contributed by atoms with Crippen molar-refractivity contribution in [2.24, 2.45) is 0 Å². The Bertz CT molecular complexity index is 2650. The molecule has 0 amide bonds. The lowest BCUT2D eigenvalue weighted by molar-refractivity contribution is 0.669. The number of nitrogens with zero attached hydrogens (tertiary/aromatic N) is 3. The van der Waals surface area contributed by atoms with Crippen LogP contribution in [0.3, 0.4) is 0 Å². The third-order valence-corrected chi connectivity index (χ3v) is 9.16. The zero-order valence-electron chi connectivity index (χ0n) is 28.0. The summed E-state index contributed by atoms with van der Waals surface area (Å²) in [4.78, 5) is 14.7. The number of anilines is 2. The largest absolute Gasteiger partial charge is 0.456 e. The van der Waals surface area contributed by atoms with Crippen molar-refractivity contribution >= 4 is 39.0 Å². The van der Waals surface area contributed by atoms with E-state index in [1.165, 1.54) is 0 Å². The Morgan fingerprint density at radius 1 is 0.442 bits per heavy atom. The quantitative estimate of drug-likeness (QED) is 0.157. The van der Waals surface area contributed by atoms with Crippen LogP contribution in [0, 0.1) is 5.41 Å². The molecule has 52 heavy (non-hydrogen) atoms. The van der Waals surface area contributed by atoms with E-state index in [0.717, 1.165) is 72.3 Å². The number of aromatic nitrogens is 3. The van der Waals surface area contributed by atoms with Gasteiger partial charge in [0, 0.05) is 50.0 Å². The first-order valence-corrected chi connectivity index (χ1v) is 17.1. The highest BCUT2D eigenvalue weighted by atomic mass is 16.3. The normalized spacial score (nSPS) is 11.2. The molecule has 7 aromatic carbocycles. The van der Waals surface area contributed by atoms with Crippen molar-refractivity contribution in [1.29, 1.82) is 5.41 Å². The maximum Gasteiger partial charge on any atom is 0.164 e. The summed E-state index contributed by atoms with van der Waals surface area (Å²) in [7, 11) is 0. The molecule has 2 aromatic heterocycles. The first kappa shape index (κ1) is 30.8. The van der Waals surface area contributed by atoms with Crippen LogP contribution >= 0.6 is 0 Å². The van der Waals surface area contributed by atoms with Crippen molar-refractivity contribution in [1.82, 2.24) is 15.0 Å². The minimum atomic E-state index is 0.404. The van der Waals surface area contributed by atoms with Crippen LogP contribution in [-0.2, 0) is 0 Å². The van der Waals surface area contributed by atoms with Gasteiger partial charge in [-0.05, 0) is 71.8 Å². The van der Waals surface area contributed by atoms with Crippen LogP contribution in [0.4, 0.5) is 11.4 Å². The van der Waals surface area contributed by atoms with Gasteiger partial charge >= 0.3 is 0 Å². The van der Waals surface area contributed by atoms with Crippen LogP contribution in [0.5, 0.6) is 0 Å². The summed E-state index contributed by atoms with van der Waals surface area (Å²) in [5, 5.41) is 14.9. The van der Waals surface area contributed by atoms with Gasteiger partial charge in [0.05, 0.1) is 5.71 Å². The first-order valence-electron chi connectivity index (χ1n) is 17.1. The smallest absolute Gasteiger partial charge is 0.164 e. The monoisotopic (exact) mass is 669 g/mol. The number of hydrogen-bond donors (Lipinski definition) is 2. The standard InChI is InChI=1S/C46H31N5O/c47-43(39-27-33(30-13-5-1-6-14-30)21-24-40(39)48-36-19-11-4-12-20-36)34-22-25-41-37(28-34)38-29-35(23-26-42(38)52-41)46-50-44(31-15-7-2-8-16-31)49-45(51-46)32-17-9-3-10-18-32/h1-29,47-48H. The lowest BCUT2D eigenvalue weighted by Crippen LogP contribution is -2.06. The van der Waals surface area contributed by atoms with E-state index in [0.29, 0.717) is 23.2 Å². The molecule has 9 rings (SSSR count). The van der Waals surface area contributed by atoms with E-state index in [2.05, 4.69) is 41.7 Å². The Balaban J connectivity index is 1.15. The predicted molar refractivity (Wildman–Crippen MR) is 211 cm³/mol. The van der Waals surface area contributed by atoms with Crippen LogP contribution in [0.1, 0.15) is 11.1 Å². The van der Waals surface area contributed by atoms with Crippen molar-refractivity contribution in [3.63, 3.8) is 0 Å². The topological polar surface area (TPSA) is 87.7 Å². The van der Waals surface area contributed by atoms with Crippen molar-refractivity contribution in [3.05, 3.63) is 187 Å². The zero-order chi connectivity index (χ0) is 34.9. The summed E-state index contributed by atoms with van der Waals surface area (Å²) in [6.45, 7) is 0. The maximum absolute atomic E-state index is 9.56. The predicted octanol–water partition coefficient (Wildman–Crippen LogP) is 11.6. The summed E-state index contributed by atoms with van der Waals surface area (Å²) in [6, 6.07) is 58.5. The van der Waals surface area contributed by atoms with Gasteiger partial charge < -0.3 is 9.73 Å². The van der Waals surface area contributed by atoms with Gasteiger partial charge in [-0.1, -0.05) is 115 Å². The molecule has 0 aliphatic carbocycles. The van der Waals surface area contributed by atoms with Gasteiger partial charge in [0.2, 0.25) is 0 Å². The number of hydrogen-bond acceptors (Lipinski definition) is 6. The first-order chi connectivity index (χ1) is 25.7. The average molecular weight is 670 g/mol. The number of rotatable bonds is 8. The summed E-state index contributed by atoms with van der Waals surface area (Å²) in [5.74, 6) is 1.78. The summed E-state index contributed by atoms with van der Waals surface area (Å²) >= 11 is 0. The molecule has 0 unspecified atom stereocenters. The van der Waals surface area contributed by atoms with Crippen LogP contribution < -0.4 is 5.32 Å². The number of fused-ring (bicyclic) bond motifs is 3. The van der Waals surface area contributed by atoms with Gasteiger partial charge in [-0.3, -0.25) is 5.41 Å². The highest BCUT2D eigenvalue weighted by molar-refractivity contribution is 6.17. The number of para-hydroxylation sites is 1. The minimum absolute atomic E-state index is 0.404. The molecule has 0 saturated carbocycles. The second kappa shape index (κ2) is 13.3. The van der Waals surface area contributed by atoms with E-state index in [-0.39, 0.29) is 0 Å². The van der Waals surface area contributed by atoms with Crippen molar-refractivity contribution in [3.8, 4) is 45.3 Å². The lowest BCUT2D eigenvalue weighted by atomic mass is 9.95. The molecule has 0 bridgehead atoms. The van der Waals surface area contributed by atoms with E-state index in [9.17, 15) is 5.41 Å². The van der Waals surface area contributed by atoms with E-state index >= 15 is 0 Å². The Labute approximate surface area is 300 Å². The number of benzene rings is 7. The van der Waals surface area contributed by atoms with Crippen LogP contribution in [0.15, 0.2) is 180 Å². The third-order valence-electron chi connectivity index (χ3n) is 9.16. The molecule has 0 radical (unpaired) electrons. The van der Waals surface area contributed by atoms with E-state index < -0.39 is 0 Å². The maximum atomic E-state index is 9.56. The molecular formula is C46H31N5O. The number of nitrogens with one attached hydrogen (secondary N) is 2. The Morgan fingerprint density at radius 2 is 0.942 bits per heavy atom. The Morgan fingerprint density at radius 3 is 1.56 bits per heavy atom. The molecule has 0 saturated heterocycles. The van der Waals surface area contributed by atoms with Crippen molar-refractivity contribution in [2.75, 3.05) is 5.32 Å². The van der Waals surface area contributed by atoms with Gasteiger partial charge in [-0.25, -0.2) is 15.0 Å². The highest BCUT2D eigenvalue weighted by Gasteiger charge is 2.17. The van der Waals surface area contributed by atoms with E-state index in [1.54, 1.807) is 0 Å². The van der Waals surface area contributed by atoms with E-state index in [1.807, 2.05) is 140 Å². The van der Waals surface area contributed by atoms with Gasteiger partial charge in [0.15, 0.2) is 17.5 Å². The van der Waals surface area contributed by atoms with Gasteiger partial charge in [0.25, 0.3) is 0 Å². The van der Waals surface area contributed by atoms with Crippen LogP contribution in [0.25, 0.3) is 67.2 Å². The van der Waals surface area contributed by atoms with Crippen LogP contribution in [0.2, 0.25) is 0 Å². The molecule has 2 heterocycles. The van der Waals surface area contributed by atoms with E-state index in [4.69, 9.17) is 19.4 Å². The zero-order valence-corrected chi connectivity index (χ0v) is 28.0. The average Bonchev–Trinajstić information content (AvgIpc) is 3.59. The fraction of sp³-hybridized carbons (Fsp3) is 0. The molecule has 0 aliphatic rings. The molecule has 246 valence electrons. The fourth-order valence-electron chi connectivity index (χ4n) is 6.51. The second-order valence-electron chi connectivity index (χ2n) is 12.6. The molecule has 6 nitrogen and oxygen atoms in total. The second-order valence-corrected chi connectivity index (χ2v) is 12.6. The summed E-state index contributed by atoms with van der Waals surface area (Å²) in [6.07, 6.45) is 0. The number of furan rings is 1. The summed E-state index contributed by atoms with van der Waals surface area (Å²) in [5.41, 5.74) is 10.1. The summed E-state index contributed by atoms with van der Waals surface area (Å²) < 4.78 is 6.31. The molecule has 6 heteroatoms. The molecule has 0 atom stereocenters. The SMILES string of the molecule is N=C(c1ccc2oc3ccc(-c4nc(-c5ccccc5)nc(-c5ccccc5)n4)cc3c2c1)c1cc(-c2ccccc2)ccc1Nc1ccccc1. The molecule has 0 spiro atoms. The van der Waals surface area contributed by atoms with Gasteiger partial charge in [0.1, 0.15) is 11.2 Å². The van der Waals surface area contributed by atoms with Gasteiger partial charge in [-0.2, -0.15) is 0 Å². The van der Waals surface area contributed by atoms with Gasteiger partial charge in [-0.15, -0.1) is 0 Å². The molecule has 0 fully saturated rings. The molecule has 0 aliphatic heterocycles. The fourth-order valence-corrected chi connectivity index (χ4v) is 6.51. The lowest BCUT2D eigenvalue weighted by Gasteiger charge is -2.15. The highest BCUT2D eigenvalue weighted by Crippen LogP contribution is 2.35. The Kier molecular flexibility index (Phi) is 7.87.